The molecule has 8 heteroatoms. The predicted octanol–water partition coefficient (Wildman–Crippen LogP) is 4.09. The van der Waals surface area contributed by atoms with Gasteiger partial charge in [0.25, 0.3) is 5.89 Å². The second-order valence-electron chi connectivity index (χ2n) is 5.35. The van der Waals surface area contributed by atoms with Gasteiger partial charge in [0.2, 0.25) is 5.82 Å². The predicted molar refractivity (Wildman–Crippen MR) is 89.8 cm³/mol. The zero-order chi connectivity index (χ0) is 17.4. The lowest BCUT2D eigenvalue weighted by molar-refractivity contribution is 0.430. The van der Waals surface area contributed by atoms with E-state index in [2.05, 4.69) is 20.5 Å². The van der Waals surface area contributed by atoms with Crippen LogP contribution in [0.4, 0.5) is 4.39 Å². The molecule has 0 saturated carbocycles. The minimum Gasteiger partial charge on any atom is -0.332 e. The van der Waals surface area contributed by atoms with Crippen LogP contribution in [0.2, 0.25) is 5.02 Å². The number of nitrogens with zero attached hydrogens (tertiary/aromatic N) is 5. The van der Waals surface area contributed by atoms with Gasteiger partial charge < -0.3 is 4.52 Å². The first kappa shape index (κ1) is 15.5. The van der Waals surface area contributed by atoms with Crippen LogP contribution >= 0.6 is 11.6 Å². The summed E-state index contributed by atoms with van der Waals surface area (Å²) in [4.78, 5) is 4.36. The third-order valence-electron chi connectivity index (χ3n) is 3.68. The Balaban J connectivity index is 1.71. The van der Waals surface area contributed by atoms with Crippen molar-refractivity contribution in [1.29, 1.82) is 0 Å². The third-order valence-corrected chi connectivity index (χ3v) is 3.93. The maximum absolute atomic E-state index is 13.4. The van der Waals surface area contributed by atoms with E-state index in [-0.39, 0.29) is 11.7 Å². The summed E-state index contributed by atoms with van der Waals surface area (Å²) >= 11 is 5.88. The lowest BCUT2D eigenvalue weighted by Crippen LogP contribution is -1.99. The minimum atomic E-state index is -0.350. The maximum Gasteiger partial charge on any atom is 0.280 e. The van der Waals surface area contributed by atoms with Crippen LogP contribution < -0.4 is 0 Å². The van der Waals surface area contributed by atoms with Gasteiger partial charge in [-0.1, -0.05) is 28.0 Å². The van der Waals surface area contributed by atoms with Gasteiger partial charge in [-0.2, -0.15) is 4.98 Å². The van der Waals surface area contributed by atoms with E-state index < -0.39 is 0 Å². The van der Waals surface area contributed by atoms with E-state index in [1.54, 1.807) is 43.3 Å². The number of aromatic nitrogens is 5. The van der Waals surface area contributed by atoms with E-state index in [0.29, 0.717) is 27.9 Å². The largest absolute Gasteiger partial charge is 0.332 e. The fourth-order valence-electron chi connectivity index (χ4n) is 2.42. The fourth-order valence-corrected chi connectivity index (χ4v) is 2.54. The summed E-state index contributed by atoms with van der Waals surface area (Å²) in [6, 6.07) is 13.2. The molecule has 0 N–H and O–H groups in total. The van der Waals surface area contributed by atoms with Crippen LogP contribution in [0, 0.1) is 12.7 Å². The second-order valence-corrected chi connectivity index (χ2v) is 5.78. The zero-order valence-corrected chi connectivity index (χ0v) is 13.8. The van der Waals surface area contributed by atoms with Crippen LogP contribution in [0.3, 0.4) is 0 Å². The summed E-state index contributed by atoms with van der Waals surface area (Å²) < 4.78 is 20.2. The molecule has 0 amide bonds. The molecule has 0 fully saturated rings. The van der Waals surface area contributed by atoms with Crippen molar-refractivity contribution in [2.24, 2.45) is 0 Å². The summed E-state index contributed by atoms with van der Waals surface area (Å²) in [6.07, 6.45) is 0. The average molecular weight is 356 g/mol. The van der Waals surface area contributed by atoms with Crippen LogP contribution in [-0.2, 0) is 0 Å². The van der Waals surface area contributed by atoms with Gasteiger partial charge in [-0.15, -0.1) is 5.10 Å². The van der Waals surface area contributed by atoms with Crippen molar-refractivity contribution in [2.45, 2.75) is 6.92 Å². The normalized spacial score (nSPS) is 11.0. The molecular weight excluding hydrogens is 345 g/mol. The first-order valence-electron chi connectivity index (χ1n) is 7.40. The molecule has 0 atom stereocenters. The van der Waals surface area contributed by atoms with E-state index in [9.17, 15) is 4.39 Å². The Morgan fingerprint density at radius 1 is 1.12 bits per heavy atom. The molecule has 0 spiro atoms. The topological polar surface area (TPSA) is 69.6 Å². The Bertz CT molecular complexity index is 1040. The van der Waals surface area contributed by atoms with Gasteiger partial charge in [0.15, 0.2) is 5.69 Å². The van der Waals surface area contributed by atoms with E-state index >= 15 is 0 Å². The fraction of sp³-hybridized carbons (Fsp3) is 0.0588. The monoisotopic (exact) mass is 355 g/mol. The second kappa shape index (κ2) is 6.10. The van der Waals surface area contributed by atoms with Crippen molar-refractivity contribution < 1.29 is 8.91 Å². The molecule has 0 saturated heterocycles. The number of hydrogen-bond acceptors (Lipinski definition) is 5. The van der Waals surface area contributed by atoms with E-state index in [4.69, 9.17) is 16.1 Å². The van der Waals surface area contributed by atoms with Crippen molar-refractivity contribution in [1.82, 2.24) is 25.1 Å². The number of hydrogen-bond donors (Lipinski definition) is 0. The molecule has 0 radical (unpaired) electrons. The van der Waals surface area contributed by atoms with Gasteiger partial charge in [-0.25, -0.2) is 9.07 Å². The van der Waals surface area contributed by atoms with E-state index in [1.165, 1.54) is 16.8 Å². The molecule has 0 aliphatic heterocycles. The minimum absolute atomic E-state index is 0.241. The molecule has 0 bridgehead atoms. The van der Waals surface area contributed by atoms with Crippen molar-refractivity contribution >= 4 is 11.6 Å². The molecule has 6 nitrogen and oxygen atoms in total. The molecule has 4 rings (SSSR count). The standard InChI is InChI=1S/C17H11ClFN5O/c1-10-15(21-23-24(10)14-4-2-3-13(19)9-14)17-20-16(22-25-17)11-5-7-12(18)8-6-11/h2-9H,1H3. The molecular formula is C17H11ClFN5O. The third kappa shape index (κ3) is 2.89. The van der Waals surface area contributed by atoms with Crippen molar-refractivity contribution in [3.8, 4) is 28.7 Å². The first-order chi connectivity index (χ1) is 12.1. The van der Waals surface area contributed by atoms with Gasteiger partial charge in [0, 0.05) is 10.6 Å². The molecule has 2 heterocycles. The highest BCUT2D eigenvalue weighted by atomic mass is 35.5. The molecule has 25 heavy (non-hydrogen) atoms. The molecule has 0 aliphatic carbocycles. The summed E-state index contributed by atoms with van der Waals surface area (Å²) in [6.45, 7) is 1.80. The molecule has 2 aromatic carbocycles. The Morgan fingerprint density at radius 2 is 1.92 bits per heavy atom. The average Bonchev–Trinajstić information content (AvgIpc) is 3.22. The summed E-state index contributed by atoms with van der Waals surface area (Å²) in [5, 5.41) is 12.7. The molecule has 0 aliphatic rings. The quantitative estimate of drug-likeness (QED) is 0.553. The Kier molecular flexibility index (Phi) is 3.77. The molecule has 0 unspecified atom stereocenters. The highest BCUT2D eigenvalue weighted by Crippen LogP contribution is 2.25. The lowest BCUT2D eigenvalue weighted by atomic mass is 10.2. The van der Waals surface area contributed by atoms with E-state index in [1.807, 2.05) is 0 Å². The molecule has 2 aromatic heterocycles. The zero-order valence-electron chi connectivity index (χ0n) is 13.0. The smallest absolute Gasteiger partial charge is 0.280 e. The number of rotatable bonds is 3. The van der Waals surface area contributed by atoms with Crippen molar-refractivity contribution in [2.75, 3.05) is 0 Å². The summed E-state index contributed by atoms with van der Waals surface area (Å²) in [5.41, 5.74) is 2.44. The van der Waals surface area contributed by atoms with E-state index in [0.717, 1.165) is 5.56 Å². The highest BCUT2D eigenvalue weighted by Gasteiger charge is 2.19. The van der Waals surface area contributed by atoms with Gasteiger partial charge in [0.1, 0.15) is 5.82 Å². The number of halogens is 2. The Morgan fingerprint density at radius 3 is 2.68 bits per heavy atom. The van der Waals surface area contributed by atoms with Gasteiger partial charge in [0.05, 0.1) is 11.4 Å². The maximum atomic E-state index is 13.4. The van der Waals surface area contributed by atoms with Crippen molar-refractivity contribution in [3.05, 3.63) is 65.1 Å². The molecule has 4 aromatic rings. The van der Waals surface area contributed by atoms with Crippen LogP contribution in [0.25, 0.3) is 28.7 Å². The molecule has 124 valence electrons. The summed E-state index contributed by atoms with van der Waals surface area (Å²) in [7, 11) is 0. The van der Waals surface area contributed by atoms with Gasteiger partial charge >= 0.3 is 0 Å². The van der Waals surface area contributed by atoms with Gasteiger partial charge in [-0.3, -0.25) is 0 Å². The van der Waals surface area contributed by atoms with Crippen LogP contribution in [0.15, 0.2) is 53.1 Å². The Hall–Kier alpha value is -3.06. The SMILES string of the molecule is Cc1c(-c2nc(-c3ccc(Cl)cc3)no2)nnn1-c1cccc(F)c1. The highest BCUT2D eigenvalue weighted by molar-refractivity contribution is 6.30. The van der Waals surface area contributed by atoms with Crippen LogP contribution in [0.5, 0.6) is 0 Å². The van der Waals surface area contributed by atoms with Crippen LogP contribution in [-0.4, -0.2) is 25.1 Å². The summed E-state index contributed by atoms with van der Waals surface area (Å²) in [5.74, 6) is 0.313. The lowest BCUT2D eigenvalue weighted by Gasteiger charge is -2.02. The first-order valence-corrected chi connectivity index (χ1v) is 7.78. The van der Waals surface area contributed by atoms with Crippen LogP contribution in [0.1, 0.15) is 5.69 Å². The Labute approximate surface area is 146 Å². The number of benzene rings is 2. The van der Waals surface area contributed by atoms with Gasteiger partial charge in [-0.05, 0) is 49.4 Å². The van der Waals surface area contributed by atoms with Crippen molar-refractivity contribution in [3.63, 3.8) is 0 Å².